The van der Waals surface area contributed by atoms with E-state index in [2.05, 4.69) is 50.3 Å². The van der Waals surface area contributed by atoms with Crippen LogP contribution in [0.4, 0.5) is 14.5 Å². The molecule has 0 aliphatic rings. The van der Waals surface area contributed by atoms with Crippen molar-refractivity contribution in [1.82, 2.24) is 60.3 Å². The molecular formula is C47H36F2N14S2. The molecule has 0 aliphatic heterocycles. The molecule has 0 bridgehead atoms. The zero-order valence-electron chi connectivity index (χ0n) is 34.6. The molecule has 0 radical (unpaired) electrons. The van der Waals surface area contributed by atoms with Gasteiger partial charge in [0.05, 0.1) is 38.5 Å². The molecule has 8 N–H and O–H groups in total. The molecule has 10 aromatic heterocycles. The van der Waals surface area contributed by atoms with Gasteiger partial charge >= 0.3 is 0 Å². The van der Waals surface area contributed by atoms with E-state index < -0.39 is 0 Å². The van der Waals surface area contributed by atoms with E-state index in [9.17, 15) is 8.78 Å². The molecule has 0 atom stereocenters. The van der Waals surface area contributed by atoms with Crippen LogP contribution in [0.3, 0.4) is 0 Å². The highest BCUT2D eigenvalue weighted by atomic mass is 32.1. The van der Waals surface area contributed by atoms with Crippen molar-refractivity contribution in [2.45, 2.75) is 20.4 Å². The molecule has 0 fully saturated rings. The lowest BCUT2D eigenvalue weighted by atomic mass is 10.1. The lowest BCUT2D eigenvalue weighted by Crippen LogP contribution is -1.97. The number of nitrogen functional groups attached to an aromatic ring is 1. The highest BCUT2D eigenvalue weighted by molar-refractivity contribution is 7.14. The molecule has 65 heavy (non-hydrogen) atoms. The van der Waals surface area contributed by atoms with E-state index in [4.69, 9.17) is 21.4 Å². The number of aromatic nitrogens is 12. The van der Waals surface area contributed by atoms with Crippen LogP contribution in [0.5, 0.6) is 0 Å². The average molecular weight is 899 g/mol. The van der Waals surface area contributed by atoms with E-state index in [1.807, 2.05) is 74.5 Å². The maximum absolute atomic E-state index is 13.6. The Hall–Kier alpha value is -8.06. The van der Waals surface area contributed by atoms with E-state index in [1.54, 1.807) is 49.3 Å². The second kappa shape index (κ2) is 17.2. The van der Waals surface area contributed by atoms with Crippen LogP contribution in [0.15, 0.2) is 122 Å². The number of anilines is 1. The second-order valence-corrected chi connectivity index (χ2v) is 16.5. The summed E-state index contributed by atoms with van der Waals surface area (Å²) in [5, 5.41) is 16.0. The first-order valence-electron chi connectivity index (χ1n) is 20.4. The normalized spacial score (nSPS) is 11.3. The van der Waals surface area contributed by atoms with Crippen LogP contribution in [-0.2, 0) is 6.54 Å². The van der Waals surface area contributed by atoms with E-state index >= 15 is 0 Å². The SMILES string of the molecule is CC.NCc1cncc(-c2cnc3n[nH]c(-c4nc5c(-c6ccc(F)s6)cccc5[nH]4)c3c2)c1.Nc1cncc(-c2cnc3n[nH]c(-c4nc5c(-c6ccc(F)s6)cccc5[nH]4)c3c2)c1. The highest BCUT2D eigenvalue weighted by Crippen LogP contribution is 2.37. The minimum Gasteiger partial charge on any atom is -0.397 e. The monoisotopic (exact) mass is 898 g/mol. The number of hydrogen-bond donors (Lipinski definition) is 6. The number of halogens is 2. The Morgan fingerprint density at radius 1 is 0.569 bits per heavy atom. The Morgan fingerprint density at radius 2 is 1.06 bits per heavy atom. The van der Waals surface area contributed by atoms with Gasteiger partial charge in [-0.1, -0.05) is 38.1 Å². The van der Waals surface area contributed by atoms with Gasteiger partial charge in [-0.15, -0.1) is 22.7 Å². The molecule has 0 spiro atoms. The second-order valence-electron chi connectivity index (χ2n) is 14.5. The number of nitrogens with two attached hydrogens (primary N) is 2. The van der Waals surface area contributed by atoms with Crippen molar-refractivity contribution in [2.75, 3.05) is 5.73 Å². The van der Waals surface area contributed by atoms with Crippen molar-refractivity contribution in [3.8, 4) is 66.2 Å². The Bertz CT molecular complexity index is 3660. The maximum atomic E-state index is 13.6. The zero-order valence-corrected chi connectivity index (χ0v) is 36.2. The Balaban J connectivity index is 0.000000148. The number of nitrogens with zero attached hydrogens (tertiary/aromatic N) is 8. The van der Waals surface area contributed by atoms with Crippen molar-refractivity contribution in [1.29, 1.82) is 0 Å². The van der Waals surface area contributed by atoms with Crippen molar-refractivity contribution >= 4 is 72.5 Å². The predicted octanol–water partition coefficient (Wildman–Crippen LogP) is 10.9. The van der Waals surface area contributed by atoms with Gasteiger partial charge in [0.1, 0.15) is 11.4 Å². The minimum atomic E-state index is -0.225. The van der Waals surface area contributed by atoms with Gasteiger partial charge in [-0.2, -0.15) is 19.0 Å². The van der Waals surface area contributed by atoms with E-state index in [0.717, 1.165) is 116 Å². The third kappa shape index (κ3) is 7.86. The zero-order chi connectivity index (χ0) is 44.6. The van der Waals surface area contributed by atoms with Crippen LogP contribution in [0.2, 0.25) is 0 Å². The molecule has 18 heteroatoms. The number of para-hydroxylation sites is 2. The molecule has 0 aliphatic carbocycles. The molecular weight excluding hydrogens is 863 g/mol. The average Bonchev–Trinajstić information content (AvgIpc) is 4.21. The third-order valence-electron chi connectivity index (χ3n) is 10.5. The molecule has 320 valence electrons. The number of aromatic amines is 4. The summed E-state index contributed by atoms with van der Waals surface area (Å²) in [6, 6.07) is 26.0. The molecule has 12 aromatic rings. The predicted molar refractivity (Wildman–Crippen MR) is 255 cm³/mol. The number of thiophene rings is 2. The van der Waals surface area contributed by atoms with Crippen molar-refractivity contribution in [3.05, 3.63) is 138 Å². The molecule has 0 saturated heterocycles. The van der Waals surface area contributed by atoms with Crippen molar-refractivity contribution in [2.24, 2.45) is 5.73 Å². The largest absolute Gasteiger partial charge is 0.397 e. The van der Waals surface area contributed by atoms with Crippen LogP contribution in [0, 0.1) is 10.3 Å². The number of rotatable bonds is 7. The highest BCUT2D eigenvalue weighted by Gasteiger charge is 2.19. The number of pyridine rings is 4. The van der Waals surface area contributed by atoms with Gasteiger partial charge in [0, 0.05) is 86.9 Å². The minimum absolute atomic E-state index is 0.223. The fourth-order valence-electron chi connectivity index (χ4n) is 7.47. The first-order valence-corrected chi connectivity index (χ1v) is 22.0. The summed E-state index contributed by atoms with van der Waals surface area (Å²) in [6.07, 6.45) is 10.4. The summed E-state index contributed by atoms with van der Waals surface area (Å²) in [6.45, 7) is 4.42. The Labute approximate surface area is 375 Å². The quantitative estimate of drug-likeness (QED) is 0.0889. The number of benzene rings is 2. The van der Waals surface area contributed by atoms with Gasteiger partial charge in [-0.3, -0.25) is 20.2 Å². The topological polar surface area (TPSA) is 218 Å². The summed E-state index contributed by atoms with van der Waals surface area (Å²) < 4.78 is 27.2. The fourth-order valence-corrected chi connectivity index (χ4v) is 8.98. The van der Waals surface area contributed by atoms with E-state index in [0.29, 0.717) is 35.2 Å². The first-order chi connectivity index (χ1) is 31.8. The van der Waals surface area contributed by atoms with Gasteiger partial charge < -0.3 is 21.4 Å². The van der Waals surface area contributed by atoms with Crippen LogP contribution in [0.1, 0.15) is 19.4 Å². The summed E-state index contributed by atoms with van der Waals surface area (Å²) in [5.74, 6) is 1.27. The molecule has 10 heterocycles. The number of H-pyrrole nitrogens is 4. The van der Waals surface area contributed by atoms with Crippen molar-refractivity contribution < 1.29 is 8.78 Å². The van der Waals surface area contributed by atoms with Gasteiger partial charge in [0.15, 0.2) is 33.2 Å². The lowest BCUT2D eigenvalue weighted by Gasteiger charge is -2.03. The Morgan fingerprint density at radius 3 is 1.54 bits per heavy atom. The van der Waals surface area contributed by atoms with Gasteiger partial charge in [-0.25, -0.2) is 19.9 Å². The molecule has 0 amide bonds. The lowest BCUT2D eigenvalue weighted by molar-refractivity contribution is 0.657. The van der Waals surface area contributed by atoms with Crippen LogP contribution in [-0.4, -0.2) is 60.3 Å². The maximum Gasteiger partial charge on any atom is 0.181 e. The van der Waals surface area contributed by atoms with E-state index in [-0.39, 0.29) is 10.3 Å². The number of nitrogens with one attached hydrogen (secondary N) is 4. The van der Waals surface area contributed by atoms with Crippen LogP contribution < -0.4 is 11.5 Å². The summed E-state index contributed by atoms with van der Waals surface area (Å²) >= 11 is 2.20. The van der Waals surface area contributed by atoms with Gasteiger partial charge in [0.2, 0.25) is 0 Å². The summed E-state index contributed by atoms with van der Waals surface area (Å²) in [5.41, 5.74) is 24.4. The standard InChI is InChI=1S/C23H16FN7S.C22H14FN7S.C2H6/c24-19-5-4-18(32-19)15-2-1-3-17-20(15)29-23(28-17)21-16-7-14(11-27-22(16)31-30-21)13-6-12(8-25)9-26-10-13;23-18-5-4-17(31-18)14-2-1-3-16-19(14)28-22(27-16)20-15-7-12(9-26-21(15)30-29-20)11-6-13(24)10-25-8-11;1-2/h1-7,9-11H,8,25H2,(H,28,29)(H,27,30,31);1-10H,24H2,(H,27,28)(H,26,29,30);1-2H3. The summed E-state index contributed by atoms with van der Waals surface area (Å²) in [4.78, 5) is 35.4. The van der Waals surface area contributed by atoms with Crippen molar-refractivity contribution in [3.63, 3.8) is 0 Å². The third-order valence-corrected chi connectivity index (χ3v) is 12.3. The molecule has 2 aromatic carbocycles. The Kier molecular flexibility index (Phi) is 10.9. The fraction of sp³-hybridized carbons (Fsp3) is 0.0638. The molecule has 0 unspecified atom stereocenters. The smallest absolute Gasteiger partial charge is 0.181 e. The summed E-state index contributed by atoms with van der Waals surface area (Å²) in [7, 11) is 0. The number of fused-ring (bicyclic) bond motifs is 4. The van der Waals surface area contributed by atoms with E-state index in [1.165, 1.54) is 12.1 Å². The van der Waals surface area contributed by atoms with Crippen LogP contribution >= 0.6 is 22.7 Å². The number of hydrogen-bond acceptors (Lipinski definition) is 12. The first kappa shape index (κ1) is 41.0. The van der Waals surface area contributed by atoms with Gasteiger partial charge in [0.25, 0.3) is 0 Å². The molecule has 14 nitrogen and oxygen atoms in total. The molecule has 0 saturated carbocycles. The number of imidazole rings is 2. The van der Waals surface area contributed by atoms with Gasteiger partial charge in [-0.05, 0) is 66.2 Å². The van der Waals surface area contributed by atoms with Crippen LogP contribution in [0.25, 0.3) is 110 Å². The molecule has 12 rings (SSSR count).